The summed E-state index contributed by atoms with van der Waals surface area (Å²) in [6, 6.07) is 20.0. The van der Waals surface area contributed by atoms with Crippen LogP contribution in [0.3, 0.4) is 0 Å². The molecule has 0 bridgehead atoms. The fourth-order valence-corrected chi connectivity index (χ4v) is 7.83. The summed E-state index contributed by atoms with van der Waals surface area (Å²) in [5, 5.41) is 4.40. The van der Waals surface area contributed by atoms with E-state index >= 15 is 0 Å². The molecule has 8 heteroatoms. The van der Waals surface area contributed by atoms with Crippen LogP contribution in [0.2, 0.25) is 0 Å². The first-order valence-electron chi connectivity index (χ1n) is 12.5. The molecule has 4 aromatic rings. The second-order valence-electron chi connectivity index (χ2n) is 10.1. The molecule has 5 nitrogen and oxygen atoms in total. The van der Waals surface area contributed by atoms with Crippen molar-refractivity contribution < 1.29 is 4.79 Å². The van der Waals surface area contributed by atoms with Crippen molar-refractivity contribution in [3.05, 3.63) is 87.0 Å². The van der Waals surface area contributed by atoms with Crippen LogP contribution in [0.4, 0.5) is 0 Å². The summed E-state index contributed by atoms with van der Waals surface area (Å²) >= 11 is 4.87. The monoisotopic (exact) mass is 549 g/mol. The summed E-state index contributed by atoms with van der Waals surface area (Å²) in [7, 11) is 0. The minimum atomic E-state index is -0.0526. The molecule has 1 N–H and O–H groups in total. The van der Waals surface area contributed by atoms with Crippen LogP contribution in [0.1, 0.15) is 43.2 Å². The second kappa shape index (κ2) is 11.1. The number of aromatic nitrogens is 2. The van der Waals surface area contributed by atoms with Crippen molar-refractivity contribution in [3.8, 4) is 5.69 Å². The summed E-state index contributed by atoms with van der Waals surface area (Å²) in [5.74, 6) is 1.05. The first kappa shape index (κ1) is 26.1. The fourth-order valence-electron chi connectivity index (χ4n) is 4.62. The number of fused-ring (bicyclic) bond motifs is 3. The largest absolute Gasteiger partial charge is 0.353 e. The predicted octanol–water partition coefficient (Wildman–Crippen LogP) is 6.24. The molecule has 1 amide bonds. The molecule has 2 aromatic heterocycles. The molecular formula is C29H31N3O2S3. The molecule has 0 spiro atoms. The molecule has 0 saturated carbocycles. The second-order valence-corrected chi connectivity index (χ2v) is 13.8. The maximum atomic E-state index is 13.9. The van der Waals surface area contributed by atoms with Crippen molar-refractivity contribution in [1.82, 2.24) is 14.9 Å². The molecule has 5 rings (SSSR count). The molecule has 37 heavy (non-hydrogen) atoms. The van der Waals surface area contributed by atoms with Crippen LogP contribution in [0.15, 0.2) is 70.6 Å². The van der Waals surface area contributed by atoms with Gasteiger partial charge in [-0.2, -0.15) is 0 Å². The number of rotatable bonds is 8. The Hall–Kier alpha value is -2.55. The molecule has 1 aliphatic rings. The number of thiophene rings is 1. The third kappa shape index (κ3) is 5.97. The Morgan fingerprint density at radius 2 is 1.84 bits per heavy atom. The molecule has 192 valence electrons. The van der Waals surface area contributed by atoms with Crippen LogP contribution in [0, 0.1) is 0 Å². The minimum absolute atomic E-state index is 0.0458. The number of carbonyl (C=O) groups is 1. The number of para-hydroxylation sites is 1. The number of hydrogen-bond donors (Lipinski definition) is 1. The molecule has 1 aliphatic heterocycles. The van der Waals surface area contributed by atoms with Gasteiger partial charge >= 0.3 is 0 Å². The highest BCUT2D eigenvalue weighted by Crippen LogP contribution is 2.44. The van der Waals surface area contributed by atoms with Crippen LogP contribution < -0.4 is 10.9 Å². The lowest BCUT2D eigenvalue weighted by Gasteiger charge is -2.28. The van der Waals surface area contributed by atoms with E-state index in [1.165, 1.54) is 22.2 Å². The fraction of sp³-hybridized carbons (Fsp3) is 0.345. The van der Waals surface area contributed by atoms with Crippen molar-refractivity contribution in [2.75, 3.05) is 5.75 Å². The van der Waals surface area contributed by atoms with E-state index in [0.29, 0.717) is 5.16 Å². The SMILES string of the molecule is CC(CCc1ccccc1)NC(=O)CSc1nc2sc3c(c2c(=O)n1-c1ccccc1)CC(C)(C)SC3. The average Bonchev–Trinajstić information content (AvgIpc) is 3.24. The van der Waals surface area contributed by atoms with Gasteiger partial charge in [-0.25, -0.2) is 4.98 Å². The molecule has 3 heterocycles. The van der Waals surface area contributed by atoms with Gasteiger partial charge in [0.15, 0.2) is 5.16 Å². The molecular weight excluding hydrogens is 519 g/mol. The maximum absolute atomic E-state index is 13.9. The Labute approximate surface area is 230 Å². The van der Waals surface area contributed by atoms with Crippen LogP contribution in [-0.2, 0) is 23.4 Å². The number of nitrogens with one attached hydrogen (secondary N) is 1. The van der Waals surface area contributed by atoms with E-state index in [9.17, 15) is 9.59 Å². The van der Waals surface area contributed by atoms with Crippen LogP contribution in [0.25, 0.3) is 15.9 Å². The Bertz CT molecular complexity index is 1460. The highest BCUT2D eigenvalue weighted by molar-refractivity contribution is 8.00. The van der Waals surface area contributed by atoms with Crippen LogP contribution >= 0.6 is 34.9 Å². The van der Waals surface area contributed by atoms with Gasteiger partial charge in [-0.1, -0.05) is 74.1 Å². The lowest BCUT2D eigenvalue weighted by atomic mass is 10.00. The molecule has 0 aliphatic carbocycles. The summed E-state index contributed by atoms with van der Waals surface area (Å²) in [6.07, 6.45) is 2.64. The summed E-state index contributed by atoms with van der Waals surface area (Å²) in [4.78, 5) is 33.7. The van der Waals surface area contributed by atoms with Gasteiger partial charge in [-0.05, 0) is 49.4 Å². The van der Waals surface area contributed by atoms with Gasteiger partial charge in [0.1, 0.15) is 4.83 Å². The van der Waals surface area contributed by atoms with Crippen LogP contribution in [0.5, 0.6) is 0 Å². The van der Waals surface area contributed by atoms with E-state index in [4.69, 9.17) is 4.98 Å². The Morgan fingerprint density at radius 3 is 2.57 bits per heavy atom. The predicted molar refractivity (Wildman–Crippen MR) is 157 cm³/mol. The van der Waals surface area contributed by atoms with E-state index in [-0.39, 0.29) is 28.0 Å². The Balaban J connectivity index is 1.38. The normalized spacial score (nSPS) is 15.3. The quantitative estimate of drug-likeness (QED) is 0.208. The smallest absolute Gasteiger partial charge is 0.267 e. The minimum Gasteiger partial charge on any atom is -0.353 e. The lowest BCUT2D eigenvalue weighted by molar-refractivity contribution is -0.119. The van der Waals surface area contributed by atoms with Crippen LogP contribution in [-0.4, -0.2) is 32.0 Å². The first-order valence-corrected chi connectivity index (χ1v) is 15.3. The van der Waals surface area contributed by atoms with E-state index in [0.717, 1.165) is 46.5 Å². The molecule has 1 atom stereocenters. The van der Waals surface area contributed by atoms with Gasteiger partial charge in [-0.3, -0.25) is 14.2 Å². The van der Waals surface area contributed by atoms with Gasteiger partial charge < -0.3 is 5.32 Å². The van der Waals surface area contributed by atoms with E-state index in [1.807, 2.05) is 67.2 Å². The van der Waals surface area contributed by atoms with Gasteiger partial charge in [0.2, 0.25) is 5.91 Å². The molecule has 1 unspecified atom stereocenters. The Morgan fingerprint density at radius 1 is 1.14 bits per heavy atom. The molecule has 0 fully saturated rings. The summed E-state index contributed by atoms with van der Waals surface area (Å²) in [5.41, 5.74) is 3.14. The average molecular weight is 550 g/mol. The number of amides is 1. The number of nitrogens with zero attached hydrogens (tertiary/aromatic N) is 2. The topological polar surface area (TPSA) is 64.0 Å². The number of hydrogen-bond acceptors (Lipinski definition) is 6. The van der Waals surface area contributed by atoms with E-state index < -0.39 is 0 Å². The van der Waals surface area contributed by atoms with Gasteiger partial charge in [0.05, 0.1) is 16.8 Å². The lowest BCUT2D eigenvalue weighted by Crippen LogP contribution is -2.34. The zero-order chi connectivity index (χ0) is 26.0. The highest BCUT2D eigenvalue weighted by atomic mass is 32.2. The van der Waals surface area contributed by atoms with Crippen molar-refractivity contribution in [2.24, 2.45) is 0 Å². The van der Waals surface area contributed by atoms with Gasteiger partial charge in [0, 0.05) is 21.4 Å². The zero-order valence-corrected chi connectivity index (χ0v) is 23.8. The molecule has 0 saturated heterocycles. The number of carbonyl (C=O) groups excluding carboxylic acids is 1. The van der Waals surface area contributed by atoms with E-state index in [2.05, 4.69) is 31.3 Å². The van der Waals surface area contributed by atoms with Crippen molar-refractivity contribution in [3.63, 3.8) is 0 Å². The van der Waals surface area contributed by atoms with E-state index in [1.54, 1.807) is 15.9 Å². The summed E-state index contributed by atoms with van der Waals surface area (Å²) in [6.45, 7) is 6.50. The standard InChI is InChI=1S/C29H31N3O2S3/c1-19(14-15-20-10-6-4-7-11-20)30-24(33)18-35-28-31-26-25(22-16-29(2,3)36-17-23(22)37-26)27(34)32(28)21-12-8-5-9-13-21/h4-13,19H,14-18H2,1-3H3,(H,30,33). The zero-order valence-electron chi connectivity index (χ0n) is 21.3. The number of thioether (sulfide) groups is 2. The highest BCUT2D eigenvalue weighted by Gasteiger charge is 2.31. The number of aryl methyl sites for hydroxylation is 1. The van der Waals surface area contributed by atoms with Crippen molar-refractivity contribution in [1.29, 1.82) is 0 Å². The third-order valence-electron chi connectivity index (χ3n) is 6.54. The third-order valence-corrected chi connectivity index (χ3v) is 10.1. The van der Waals surface area contributed by atoms with Gasteiger partial charge in [-0.15, -0.1) is 23.1 Å². The van der Waals surface area contributed by atoms with Gasteiger partial charge in [0.25, 0.3) is 5.56 Å². The van der Waals surface area contributed by atoms with Crippen molar-refractivity contribution >= 4 is 51.0 Å². The molecule has 0 radical (unpaired) electrons. The number of benzene rings is 2. The van der Waals surface area contributed by atoms with Crippen molar-refractivity contribution in [2.45, 2.75) is 61.7 Å². The Kier molecular flexibility index (Phi) is 7.79. The first-order chi connectivity index (χ1) is 17.8. The summed E-state index contributed by atoms with van der Waals surface area (Å²) < 4.78 is 1.77. The maximum Gasteiger partial charge on any atom is 0.267 e. The molecule has 2 aromatic carbocycles.